The van der Waals surface area contributed by atoms with E-state index in [-0.39, 0.29) is 6.42 Å². The Hall–Kier alpha value is -2.75. The largest absolute Gasteiger partial charge is 0.481 e. The molecule has 1 aliphatic heterocycles. The lowest BCUT2D eigenvalue weighted by Crippen LogP contribution is -2.37. The van der Waals surface area contributed by atoms with E-state index in [2.05, 4.69) is 55.5 Å². The van der Waals surface area contributed by atoms with E-state index in [1.54, 1.807) is 6.07 Å². The number of halogens is 3. The monoisotopic (exact) mass is 396 g/mol. The van der Waals surface area contributed by atoms with Gasteiger partial charge in [0, 0.05) is 0 Å². The zero-order chi connectivity index (χ0) is 20.4. The summed E-state index contributed by atoms with van der Waals surface area (Å²) in [6.45, 7) is 2.17. The third-order valence-electron chi connectivity index (χ3n) is 5.41. The molecule has 0 bridgehead atoms. The van der Waals surface area contributed by atoms with Gasteiger partial charge in [0.15, 0.2) is 6.10 Å². The summed E-state index contributed by atoms with van der Waals surface area (Å²) in [4.78, 5) is 0. The van der Waals surface area contributed by atoms with Crippen LogP contribution in [0.25, 0.3) is 22.3 Å². The molecule has 4 heteroatoms. The predicted molar refractivity (Wildman–Crippen MR) is 110 cm³/mol. The summed E-state index contributed by atoms with van der Waals surface area (Å²) in [5.74, 6) is 0.339. The molecule has 1 nitrogen and oxygen atoms in total. The molecule has 0 saturated carbocycles. The summed E-state index contributed by atoms with van der Waals surface area (Å²) in [5.41, 5.74) is 6.52. The molecule has 0 aromatic heterocycles. The van der Waals surface area contributed by atoms with Crippen molar-refractivity contribution in [3.8, 4) is 28.0 Å². The maximum Gasteiger partial charge on any atom is 0.425 e. The molecule has 0 aliphatic carbocycles. The lowest BCUT2D eigenvalue weighted by molar-refractivity contribution is -0.199. The van der Waals surface area contributed by atoms with Gasteiger partial charge in [0.25, 0.3) is 0 Å². The van der Waals surface area contributed by atoms with Crippen molar-refractivity contribution in [2.45, 2.75) is 44.9 Å². The molecule has 1 atom stereocenters. The first kappa shape index (κ1) is 19.6. The highest BCUT2D eigenvalue weighted by Gasteiger charge is 2.43. The van der Waals surface area contributed by atoms with Crippen molar-refractivity contribution in [3.05, 3.63) is 77.9 Å². The minimum Gasteiger partial charge on any atom is -0.481 e. The lowest BCUT2D eigenvalue weighted by atomic mass is 9.95. The molecule has 3 aromatic rings. The second-order valence-corrected chi connectivity index (χ2v) is 7.53. The molecule has 1 unspecified atom stereocenters. The molecule has 0 spiro atoms. The van der Waals surface area contributed by atoms with Crippen LogP contribution in [0.15, 0.2) is 66.7 Å². The molecule has 0 amide bonds. The number of alkyl halides is 3. The SMILES string of the molecule is CCCc1ccc(-c2ccc(-c3ccc4c(c3)CCC(C(F)(F)F)O4)cc2)cc1. The fourth-order valence-electron chi connectivity index (χ4n) is 3.81. The maximum absolute atomic E-state index is 12.9. The third kappa shape index (κ3) is 4.31. The fraction of sp³-hybridized carbons (Fsp3) is 0.280. The minimum absolute atomic E-state index is 0.0348. The Morgan fingerprint density at radius 1 is 0.828 bits per heavy atom. The summed E-state index contributed by atoms with van der Waals surface area (Å²) in [6.07, 6.45) is -3.46. The first-order chi connectivity index (χ1) is 13.9. The van der Waals surface area contributed by atoms with Gasteiger partial charge >= 0.3 is 6.18 Å². The number of aryl methyl sites for hydroxylation is 2. The van der Waals surface area contributed by atoms with E-state index >= 15 is 0 Å². The number of ether oxygens (including phenoxy) is 1. The van der Waals surface area contributed by atoms with Crippen LogP contribution in [-0.4, -0.2) is 12.3 Å². The highest BCUT2D eigenvalue weighted by atomic mass is 19.4. The molecule has 0 radical (unpaired) electrons. The number of benzene rings is 3. The molecule has 4 rings (SSSR count). The standard InChI is InChI=1S/C25H23F3O/c1-2-3-17-4-6-18(7-5-17)19-8-10-20(11-9-19)21-12-14-23-22(16-21)13-15-24(29-23)25(26,27)28/h4-12,14,16,24H,2-3,13,15H2,1H3. The van der Waals surface area contributed by atoms with Crippen molar-refractivity contribution in [2.24, 2.45) is 0 Å². The number of fused-ring (bicyclic) bond motifs is 1. The minimum atomic E-state index is -4.32. The topological polar surface area (TPSA) is 9.23 Å². The lowest BCUT2D eigenvalue weighted by Gasteiger charge is -2.28. The van der Waals surface area contributed by atoms with Gasteiger partial charge in [-0.3, -0.25) is 0 Å². The van der Waals surface area contributed by atoms with Crippen LogP contribution in [0.5, 0.6) is 5.75 Å². The quantitative estimate of drug-likeness (QED) is 0.452. The van der Waals surface area contributed by atoms with Crippen molar-refractivity contribution in [2.75, 3.05) is 0 Å². The van der Waals surface area contributed by atoms with Gasteiger partial charge in [-0.1, -0.05) is 67.9 Å². The molecule has 1 aliphatic rings. The summed E-state index contributed by atoms with van der Waals surface area (Å²) >= 11 is 0. The van der Waals surface area contributed by atoms with Crippen LogP contribution in [0.2, 0.25) is 0 Å². The highest BCUT2D eigenvalue weighted by molar-refractivity contribution is 5.71. The van der Waals surface area contributed by atoms with Gasteiger partial charge < -0.3 is 4.74 Å². The molecule has 29 heavy (non-hydrogen) atoms. The summed E-state index contributed by atoms with van der Waals surface area (Å²) in [7, 11) is 0. The van der Waals surface area contributed by atoms with E-state index < -0.39 is 12.3 Å². The van der Waals surface area contributed by atoms with Crippen LogP contribution in [0, 0.1) is 0 Å². The van der Waals surface area contributed by atoms with Crippen molar-refractivity contribution in [3.63, 3.8) is 0 Å². The van der Waals surface area contributed by atoms with E-state index in [1.165, 1.54) is 11.1 Å². The van der Waals surface area contributed by atoms with Gasteiger partial charge in [0.05, 0.1) is 0 Å². The summed E-state index contributed by atoms with van der Waals surface area (Å²) < 4.78 is 43.8. The van der Waals surface area contributed by atoms with Crippen LogP contribution in [0.4, 0.5) is 13.2 Å². The van der Waals surface area contributed by atoms with Crippen LogP contribution in [-0.2, 0) is 12.8 Å². The van der Waals surface area contributed by atoms with Gasteiger partial charge in [-0.15, -0.1) is 0 Å². The second kappa shape index (κ2) is 7.94. The maximum atomic E-state index is 12.9. The smallest absolute Gasteiger partial charge is 0.425 e. The van der Waals surface area contributed by atoms with E-state index in [4.69, 9.17) is 4.74 Å². The molecule has 0 N–H and O–H groups in total. The molecule has 150 valence electrons. The van der Waals surface area contributed by atoms with E-state index in [0.29, 0.717) is 12.2 Å². The molecule has 1 heterocycles. The van der Waals surface area contributed by atoms with Gasteiger partial charge in [-0.2, -0.15) is 13.2 Å². The van der Waals surface area contributed by atoms with Gasteiger partial charge in [-0.05, 0) is 64.8 Å². The average Bonchev–Trinajstić information content (AvgIpc) is 2.73. The van der Waals surface area contributed by atoms with Crippen molar-refractivity contribution in [1.29, 1.82) is 0 Å². The zero-order valence-electron chi connectivity index (χ0n) is 16.3. The summed E-state index contributed by atoms with van der Waals surface area (Å²) in [5, 5.41) is 0. The third-order valence-corrected chi connectivity index (χ3v) is 5.41. The molecule has 0 saturated heterocycles. The Morgan fingerprint density at radius 2 is 1.38 bits per heavy atom. The van der Waals surface area contributed by atoms with Crippen molar-refractivity contribution >= 4 is 0 Å². The number of hydrogen-bond donors (Lipinski definition) is 0. The number of rotatable bonds is 4. The first-order valence-electron chi connectivity index (χ1n) is 10.00. The van der Waals surface area contributed by atoms with Crippen LogP contribution in [0.3, 0.4) is 0 Å². The van der Waals surface area contributed by atoms with E-state index in [9.17, 15) is 13.2 Å². The van der Waals surface area contributed by atoms with E-state index in [1.807, 2.05) is 12.1 Å². The number of hydrogen-bond acceptors (Lipinski definition) is 1. The first-order valence-corrected chi connectivity index (χ1v) is 10.00. The Kier molecular flexibility index (Phi) is 5.35. The summed E-state index contributed by atoms with van der Waals surface area (Å²) in [6, 6.07) is 22.3. The van der Waals surface area contributed by atoms with E-state index in [0.717, 1.165) is 35.1 Å². The van der Waals surface area contributed by atoms with Crippen LogP contribution >= 0.6 is 0 Å². The Balaban J connectivity index is 1.52. The second-order valence-electron chi connectivity index (χ2n) is 7.53. The Labute approximate surface area is 169 Å². The Bertz CT molecular complexity index is 972. The molecule has 0 fully saturated rings. The zero-order valence-corrected chi connectivity index (χ0v) is 16.3. The van der Waals surface area contributed by atoms with Gasteiger partial charge in [0.1, 0.15) is 5.75 Å². The van der Waals surface area contributed by atoms with Crippen LogP contribution < -0.4 is 4.74 Å². The normalized spacial score (nSPS) is 16.2. The molecule has 3 aromatic carbocycles. The van der Waals surface area contributed by atoms with Crippen LogP contribution in [0.1, 0.15) is 30.9 Å². The highest BCUT2D eigenvalue weighted by Crippen LogP contribution is 2.37. The van der Waals surface area contributed by atoms with Gasteiger partial charge in [-0.25, -0.2) is 0 Å². The van der Waals surface area contributed by atoms with Gasteiger partial charge in [0.2, 0.25) is 0 Å². The van der Waals surface area contributed by atoms with Crippen molar-refractivity contribution in [1.82, 2.24) is 0 Å². The molecular formula is C25H23F3O. The fourth-order valence-corrected chi connectivity index (χ4v) is 3.81. The average molecular weight is 396 g/mol. The van der Waals surface area contributed by atoms with Crippen molar-refractivity contribution < 1.29 is 17.9 Å². The molecular weight excluding hydrogens is 373 g/mol. The predicted octanol–water partition coefficient (Wildman–Crippen LogP) is 7.23. The Morgan fingerprint density at radius 3 is 1.97 bits per heavy atom.